The number of ether oxygens (including phenoxy) is 3. The first-order valence-electron chi connectivity index (χ1n) is 24.4. The summed E-state index contributed by atoms with van der Waals surface area (Å²) in [6, 6.07) is 0.105. The van der Waals surface area contributed by atoms with Crippen molar-refractivity contribution in [1.82, 2.24) is 20.9 Å². The molecule has 0 spiro atoms. The lowest BCUT2D eigenvalue weighted by molar-refractivity contribution is -0.0597. The maximum atomic E-state index is 14.1. The summed E-state index contributed by atoms with van der Waals surface area (Å²) in [6.07, 6.45) is 18.2. The Kier molecular flexibility index (Phi) is 18.2. The molecule has 5 unspecified atom stereocenters. The van der Waals surface area contributed by atoms with Gasteiger partial charge in [-0.05, 0) is 179 Å². The molecule has 358 valence electrons. The number of carbonyl (C=O) groups excluding carboxylic acids is 3. The standard InChI is InChI=1S/C50H90N4O6.6H2/c1-34(2)17-16-18-35(3)41-21-22-42-40-20-19-38-33-39(23-27-49(38,12)43(40)24-28-50(41,42)13)58-46(57)54(37(5)26-31-53-45(56)60-48(9,10)11)32-15-14-29-51-36(4)25-30-52-44(55)59-47(6,7)8;;;;;;/h19,34-37,39-43,51H,14-18,20-33H2,1-13H3,(H,52,55)(H,53,56);6*1H/t35-,36?,37?,39+,40+,41?,42?,43?,49+,50-;;;;;;/m1....../s1. The zero-order chi connectivity index (χ0) is 44.5. The van der Waals surface area contributed by atoms with Crippen molar-refractivity contribution >= 4 is 18.3 Å². The van der Waals surface area contributed by atoms with Crippen LogP contribution in [0.1, 0.15) is 195 Å². The maximum Gasteiger partial charge on any atom is 0.410 e. The predicted octanol–water partition coefficient (Wildman–Crippen LogP) is 13.3. The van der Waals surface area contributed by atoms with E-state index in [-0.39, 0.29) is 38.3 Å². The van der Waals surface area contributed by atoms with Crippen LogP contribution in [0.4, 0.5) is 14.4 Å². The number of allylic oxidation sites excluding steroid dienone is 1. The van der Waals surface area contributed by atoms with Gasteiger partial charge in [-0.15, -0.1) is 0 Å². The van der Waals surface area contributed by atoms with E-state index >= 15 is 0 Å². The number of nitrogens with one attached hydrogen (secondary N) is 3. The highest BCUT2D eigenvalue weighted by molar-refractivity contribution is 5.69. The highest BCUT2D eigenvalue weighted by atomic mass is 16.6. The zero-order valence-electron chi connectivity index (χ0n) is 40.6. The number of hydrogen-bond acceptors (Lipinski definition) is 7. The van der Waals surface area contributed by atoms with Gasteiger partial charge in [0.15, 0.2) is 0 Å². The van der Waals surface area contributed by atoms with E-state index in [0.717, 1.165) is 80.6 Å². The number of amides is 3. The molecule has 4 aliphatic rings. The van der Waals surface area contributed by atoms with Gasteiger partial charge in [0.25, 0.3) is 0 Å². The van der Waals surface area contributed by atoms with Crippen molar-refractivity contribution in [1.29, 1.82) is 0 Å². The Bertz CT molecular complexity index is 1450. The van der Waals surface area contributed by atoms with Crippen LogP contribution < -0.4 is 16.0 Å². The summed E-state index contributed by atoms with van der Waals surface area (Å²) in [5.41, 5.74) is 1.13. The molecule has 4 rings (SSSR count). The molecule has 3 saturated carbocycles. The van der Waals surface area contributed by atoms with Gasteiger partial charge in [-0.3, -0.25) is 0 Å². The van der Waals surface area contributed by atoms with Crippen LogP contribution in [0, 0.1) is 46.3 Å². The number of carbonyl (C=O) groups is 3. The van der Waals surface area contributed by atoms with E-state index in [0.29, 0.717) is 31.5 Å². The van der Waals surface area contributed by atoms with E-state index in [9.17, 15) is 14.4 Å². The van der Waals surface area contributed by atoms with Crippen LogP contribution in [0.5, 0.6) is 0 Å². The number of hydrogen-bond donors (Lipinski definition) is 3. The van der Waals surface area contributed by atoms with E-state index < -0.39 is 23.4 Å². The number of nitrogens with zero attached hydrogens (tertiary/aromatic N) is 1. The number of fused-ring (bicyclic) bond motifs is 5. The summed E-state index contributed by atoms with van der Waals surface area (Å²) in [7, 11) is 0. The van der Waals surface area contributed by atoms with Crippen molar-refractivity contribution in [2.75, 3.05) is 26.2 Å². The van der Waals surface area contributed by atoms with Crippen LogP contribution in [0.25, 0.3) is 0 Å². The number of alkyl carbamates (subject to hydrolysis) is 2. The second-order valence-electron chi connectivity index (χ2n) is 22.6. The lowest BCUT2D eigenvalue weighted by Gasteiger charge is -2.58. The van der Waals surface area contributed by atoms with E-state index in [1.165, 1.54) is 56.9 Å². The van der Waals surface area contributed by atoms with Crippen LogP contribution in [-0.2, 0) is 14.2 Å². The third-order valence-corrected chi connectivity index (χ3v) is 15.1. The molecule has 60 heavy (non-hydrogen) atoms. The fraction of sp³-hybridized carbons (Fsp3) is 0.900. The van der Waals surface area contributed by atoms with Crippen LogP contribution in [0.15, 0.2) is 11.6 Å². The fourth-order valence-electron chi connectivity index (χ4n) is 11.9. The zero-order valence-corrected chi connectivity index (χ0v) is 40.6. The minimum absolute atomic E-state index is 0. The van der Waals surface area contributed by atoms with E-state index in [1.54, 1.807) is 0 Å². The van der Waals surface area contributed by atoms with E-state index in [1.807, 2.05) is 46.4 Å². The normalized spacial score (nSPS) is 29.2. The Morgan fingerprint density at radius 1 is 0.783 bits per heavy atom. The summed E-state index contributed by atoms with van der Waals surface area (Å²) < 4.78 is 17.2. The average Bonchev–Trinajstić information content (AvgIpc) is 3.48. The molecule has 0 bridgehead atoms. The van der Waals surface area contributed by atoms with Crippen molar-refractivity contribution in [2.24, 2.45) is 46.3 Å². The molecule has 10 heteroatoms. The maximum absolute atomic E-state index is 14.1. The van der Waals surface area contributed by atoms with Crippen LogP contribution in [0.3, 0.4) is 0 Å². The van der Waals surface area contributed by atoms with Gasteiger partial charge in [-0.25, -0.2) is 14.4 Å². The lowest BCUT2D eigenvalue weighted by atomic mass is 9.47. The van der Waals surface area contributed by atoms with Gasteiger partial charge in [0.2, 0.25) is 0 Å². The fourth-order valence-corrected chi connectivity index (χ4v) is 11.9. The monoisotopic (exact) mass is 855 g/mol. The molecule has 3 N–H and O–H groups in total. The number of rotatable bonds is 19. The second-order valence-corrected chi connectivity index (χ2v) is 22.6. The van der Waals surface area contributed by atoms with Crippen molar-refractivity contribution in [2.45, 2.75) is 216 Å². The second kappa shape index (κ2) is 21.7. The van der Waals surface area contributed by atoms with Crippen molar-refractivity contribution in [3.05, 3.63) is 11.6 Å². The quantitative estimate of drug-likeness (QED) is 0.0672. The average molecular weight is 855 g/mol. The number of unbranched alkanes of at least 4 members (excludes halogenated alkanes) is 1. The van der Waals surface area contributed by atoms with Gasteiger partial charge in [0.1, 0.15) is 17.3 Å². The molecule has 10 nitrogen and oxygen atoms in total. The molecule has 3 amide bonds. The molecule has 0 aromatic rings. The molecule has 0 radical (unpaired) electrons. The first-order valence-corrected chi connectivity index (χ1v) is 24.4. The summed E-state index contributed by atoms with van der Waals surface area (Å²) in [6.45, 7) is 30.1. The minimum atomic E-state index is -0.571. The highest BCUT2D eigenvalue weighted by Gasteiger charge is 2.59. The Morgan fingerprint density at radius 3 is 2.07 bits per heavy atom. The van der Waals surface area contributed by atoms with Crippen LogP contribution in [-0.4, -0.2) is 78.7 Å². The smallest absolute Gasteiger partial charge is 0.410 e. The molecule has 0 aromatic heterocycles. The van der Waals surface area contributed by atoms with Crippen molar-refractivity contribution < 1.29 is 37.2 Å². The molecule has 3 fully saturated rings. The van der Waals surface area contributed by atoms with Gasteiger partial charge >= 0.3 is 18.3 Å². The van der Waals surface area contributed by atoms with Crippen molar-refractivity contribution in [3.63, 3.8) is 0 Å². The van der Waals surface area contributed by atoms with Gasteiger partial charge in [0, 0.05) is 46.7 Å². The Labute approximate surface area is 375 Å². The summed E-state index contributed by atoms with van der Waals surface area (Å²) in [5, 5.41) is 9.26. The van der Waals surface area contributed by atoms with Gasteiger partial charge in [0.05, 0.1) is 0 Å². The third kappa shape index (κ3) is 14.3. The summed E-state index contributed by atoms with van der Waals surface area (Å²) in [4.78, 5) is 40.4. The predicted molar refractivity (Wildman–Crippen MR) is 257 cm³/mol. The first kappa shape index (κ1) is 50.2. The highest BCUT2D eigenvalue weighted by Crippen LogP contribution is 2.67. The van der Waals surface area contributed by atoms with Crippen LogP contribution >= 0.6 is 0 Å². The molecular weight excluding hydrogens is 753 g/mol. The van der Waals surface area contributed by atoms with Crippen molar-refractivity contribution in [3.8, 4) is 0 Å². The Morgan fingerprint density at radius 2 is 1.43 bits per heavy atom. The Balaban J connectivity index is -0.00000661. The molecule has 0 aromatic carbocycles. The van der Waals surface area contributed by atoms with Gasteiger partial charge in [-0.1, -0.05) is 65.5 Å². The van der Waals surface area contributed by atoms with E-state index in [4.69, 9.17) is 14.2 Å². The largest absolute Gasteiger partial charge is 0.446 e. The van der Waals surface area contributed by atoms with Gasteiger partial charge < -0.3 is 35.1 Å². The first-order chi connectivity index (χ1) is 28.0. The van der Waals surface area contributed by atoms with E-state index in [2.05, 4.69) is 70.5 Å². The molecule has 0 heterocycles. The summed E-state index contributed by atoms with van der Waals surface area (Å²) >= 11 is 0. The molecule has 0 saturated heterocycles. The molecular formula is C50H102N4O6. The summed E-state index contributed by atoms with van der Waals surface area (Å²) in [5.74, 6) is 4.82. The topological polar surface area (TPSA) is 118 Å². The SMILES string of the molecule is CC(C)CCC[C@@H](C)C1CCC2[C@@H]3CC=C4C[C@@H](OC(=O)N(CCCCNC(C)CCNC(=O)OC(C)(C)C)C(C)CCNC(=O)OC(C)(C)C)CC[C@]4(C)C3CC[C@@]21C.[HH].[HH].[HH].[HH].[HH].[HH]. The Hall–Kier alpha value is -2.49. The third-order valence-electron chi connectivity index (χ3n) is 15.1. The molecule has 0 aliphatic heterocycles. The lowest BCUT2D eigenvalue weighted by Crippen LogP contribution is -2.51. The molecule has 4 aliphatic carbocycles. The molecule has 10 atom stereocenters. The van der Waals surface area contributed by atoms with Gasteiger partial charge in [-0.2, -0.15) is 0 Å². The van der Waals surface area contributed by atoms with Crippen LogP contribution in [0.2, 0.25) is 0 Å². The minimum Gasteiger partial charge on any atom is -0.446 e.